The molecule has 0 unspecified atom stereocenters. The molecule has 0 aliphatic carbocycles. The number of carbonyl (C=O) groups is 1. The lowest BCUT2D eigenvalue weighted by Gasteiger charge is -2.00. The number of fused-ring (bicyclic) bond motifs is 1. The van der Waals surface area contributed by atoms with Crippen molar-refractivity contribution in [3.63, 3.8) is 0 Å². The van der Waals surface area contributed by atoms with Crippen molar-refractivity contribution in [3.8, 4) is 12.3 Å². The highest BCUT2D eigenvalue weighted by Gasteiger charge is 2.11. The fourth-order valence-electron chi connectivity index (χ4n) is 1.98. The van der Waals surface area contributed by atoms with Gasteiger partial charge in [-0.05, 0) is 24.5 Å². The number of carbonyl (C=O) groups excluding carboxylic acids is 1. The molecule has 0 atom stereocenters. The van der Waals surface area contributed by atoms with Crippen LogP contribution in [0.3, 0.4) is 0 Å². The first-order valence-electron chi connectivity index (χ1n) is 6.33. The van der Waals surface area contributed by atoms with Crippen molar-refractivity contribution in [2.75, 3.05) is 6.26 Å². The van der Waals surface area contributed by atoms with Crippen molar-refractivity contribution in [1.82, 2.24) is 9.72 Å². The molecule has 0 bridgehead atoms. The van der Waals surface area contributed by atoms with Crippen LogP contribution in [0.2, 0.25) is 0 Å². The second-order valence-corrected chi connectivity index (χ2v) is 6.19. The van der Waals surface area contributed by atoms with E-state index in [1.165, 1.54) is 23.6 Å². The number of rotatable bonds is 3. The molecule has 2 aromatic heterocycles. The second-order valence-electron chi connectivity index (χ2n) is 4.30. The Morgan fingerprint density at radius 1 is 1.55 bits per heavy atom. The molecule has 110 valence electrons. The average Bonchev–Trinajstić information content (AvgIpc) is 3.16. The molecule has 0 N–H and O–H groups in total. The highest BCUT2D eigenvalue weighted by atomic mass is 32.2. The molecule has 3 aromatic rings. The Morgan fingerprint density at radius 3 is 3.09 bits per heavy atom. The maximum Gasteiger partial charge on any atom is 0.318 e. The fraction of sp³-hybridized carbons (Fsp3) is 0.133. The monoisotopic (exact) mass is 329 g/mol. The van der Waals surface area contributed by atoms with Crippen LogP contribution in [0.4, 0.5) is 0 Å². The van der Waals surface area contributed by atoms with E-state index >= 15 is 0 Å². The molecule has 0 spiro atoms. The fourth-order valence-corrected chi connectivity index (χ4v) is 3.56. The number of nitrogens with zero attached hydrogens (tertiary/aromatic N) is 3. The van der Waals surface area contributed by atoms with Crippen LogP contribution in [-0.4, -0.2) is 21.9 Å². The molecule has 1 amide bonds. The van der Waals surface area contributed by atoms with Crippen molar-refractivity contribution in [3.05, 3.63) is 41.0 Å². The smallest absolute Gasteiger partial charge is 0.318 e. The molecular formula is C15H11N3O2S2. The van der Waals surface area contributed by atoms with Gasteiger partial charge in [-0.2, -0.15) is 4.99 Å². The molecule has 0 fully saturated rings. The van der Waals surface area contributed by atoms with E-state index in [4.69, 9.17) is 10.9 Å². The molecule has 2 heterocycles. The van der Waals surface area contributed by atoms with Gasteiger partial charge in [0.15, 0.2) is 4.80 Å². The standard InChI is InChI=1S/C15H11N3O2S2/c1-3-8-18-11-5-4-10(21-2)9-13(11)22-15(18)17-14(19)12-6-7-16-20-12/h1,4-7,9H,8H2,2H3. The number of hydrogen-bond acceptors (Lipinski definition) is 5. The Labute approximate surface area is 134 Å². The van der Waals surface area contributed by atoms with E-state index in [0.29, 0.717) is 11.3 Å². The molecule has 3 rings (SSSR count). The van der Waals surface area contributed by atoms with E-state index in [1.807, 2.05) is 23.0 Å². The number of amides is 1. The van der Waals surface area contributed by atoms with E-state index in [1.54, 1.807) is 11.8 Å². The Hall–Kier alpha value is -2.30. The first-order chi connectivity index (χ1) is 10.7. The van der Waals surface area contributed by atoms with E-state index in [2.05, 4.69) is 22.1 Å². The third-order valence-corrected chi connectivity index (χ3v) is 4.75. The number of benzene rings is 1. The molecular weight excluding hydrogens is 318 g/mol. The number of thiazole rings is 1. The SMILES string of the molecule is C#CCn1c(=NC(=O)c2ccno2)sc2cc(SC)ccc21. The molecule has 1 aromatic carbocycles. The van der Waals surface area contributed by atoms with Crippen LogP contribution in [0.1, 0.15) is 10.6 Å². The van der Waals surface area contributed by atoms with Crippen molar-refractivity contribution >= 4 is 39.2 Å². The first kappa shape index (κ1) is 14.6. The van der Waals surface area contributed by atoms with Gasteiger partial charge in [-0.15, -0.1) is 18.2 Å². The Balaban J connectivity index is 2.17. The lowest BCUT2D eigenvalue weighted by molar-refractivity contribution is 0.0962. The maximum atomic E-state index is 12.1. The van der Waals surface area contributed by atoms with Gasteiger partial charge < -0.3 is 9.09 Å². The summed E-state index contributed by atoms with van der Waals surface area (Å²) < 4.78 is 7.72. The Kier molecular flexibility index (Phi) is 4.13. The molecule has 5 nitrogen and oxygen atoms in total. The van der Waals surface area contributed by atoms with Gasteiger partial charge in [-0.1, -0.05) is 22.4 Å². The van der Waals surface area contributed by atoms with Gasteiger partial charge in [0.2, 0.25) is 5.76 Å². The summed E-state index contributed by atoms with van der Waals surface area (Å²) in [4.78, 5) is 17.9. The van der Waals surface area contributed by atoms with E-state index in [-0.39, 0.29) is 5.76 Å². The summed E-state index contributed by atoms with van der Waals surface area (Å²) in [7, 11) is 0. The summed E-state index contributed by atoms with van der Waals surface area (Å²) in [6, 6.07) is 7.56. The van der Waals surface area contributed by atoms with Crippen LogP contribution in [0.15, 0.2) is 44.9 Å². The van der Waals surface area contributed by atoms with Crippen LogP contribution in [0.25, 0.3) is 10.2 Å². The van der Waals surface area contributed by atoms with Crippen molar-refractivity contribution in [2.45, 2.75) is 11.4 Å². The molecule has 0 aliphatic rings. The van der Waals surface area contributed by atoms with Gasteiger partial charge in [0, 0.05) is 11.0 Å². The zero-order chi connectivity index (χ0) is 15.5. The first-order valence-corrected chi connectivity index (χ1v) is 8.37. The van der Waals surface area contributed by atoms with Gasteiger partial charge in [0.25, 0.3) is 0 Å². The van der Waals surface area contributed by atoms with Gasteiger partial charge in [-0.3, -0.25) is 4.79 Å². The molecule has 0 radical (unpaired) electrons. The summed E-state index contributed by atoms with van der Waals surface area (Å²) >= 11 is 3.08. The highest BCUT2D eigenvalue weighted by Crippen LogP contribution is 2.24. The van der Waals surface area contributed by atoms with Gasteiger partial charge in [0.05, 0.1) is 23.0 Å². The van der Waals surface area contributed by atoms with Gasteiger partial charge in [-0.25, -0.2) is 0 Å². The van der Waals surface area contributed by atoms with Crippen molar-refractivity contribution in [1.29, 1.82) is 0 Å². The minimum absolute atomic E-state index is 0.106. The van der Waals surface area contributed by atoms with E-state index in [9.17, 15) is 4.79 Å². The molecule has 0 aliphatic heterocycles. The summed E-state index contributed by atoms with van der Waals surface area (Å²) in [6.07, 6.45) is 8.86. The Bertz CT molecular complexity index is 930. The van der Waals surface area contributed by atoms with Crippen molar-refractivity contribution < 1.29 is 9.32 Å². The largest absolute Gasteiger partial charge is 0.351 e. The zero-order valence-electron chi connectivity index (χ0n) is 11.6. The summed E-state index contributed by atoms with van der Waals surface area (Å²) in [6.45, 7) is 0.348. The molecule has 7 heteroatoms. The lowest BCUT2D eigenvalue weighted by atomic mass is 10.3. The van der Waals surface area contributed by atoms with Crippen LogP contribution in [0, 0.1) is 12.3 Å². The highest BCUT2D eigenvalue weighted by molar-refractivity contribution is 7.98. The molecule has 0 saturated heterocycles. The molecule has 22 heavy (non-hydrogen) atoms. The summed E-state index contributed by atoms with van der Waals surface area (Å²) in [5.74, 6) is 2.23. The minimum atomic E-state index is -0.472. The second kappa shape index (κ2) is 6.22. The van der Waals surface area contributed by atoms with Crippen LogP contribution in [0.5, 0.6) is 0 Å². The number of thioether (sulfide) groups is 1. The van der Waals surface area contributed by atoms with Gasteiger partial charge >= 0.3 is 5.91 Å². The topological polar surface area (TPSA) is 60.4 Å². The zero-order valence-corrected chi connectivity index (χ0v) is 13.3. The third-order valence-electron chi connectivity index (χ3n) is 2.99. The maximum absolute atomic E-state index is 12.1. The van der Waals surface area contributed by atoms with E-state index in [0.717, 1.165) is 15.1 Å². The average molecular weight is 329 g/mol. The van der Waals surface area contributed by atoms with E-state index < -0.39 is 5.91 Å². The van der Waals surface area contributed by atoms with Gasteiger partial charge in [0.1, 0.15) is 0 Å². The van der Waals surface area contributed by atoms with Crippen LogP contribution < -0.4 is 4.80 Å². The third kappa shape index (κ3) is 2.71. The number of terminal acetylenes is 1. The van der Waals surface area contributed by atoms with Crippen LogP contribution in [-0.2, 0) is 6.54 Å². The minimum Gasteiger partial charge on any atom is -0.351 e. The quantitative estimate of drug-likeness (QED) is 0.547. The number of hydrogen-bond donors (Lipinski definition) is 0. The molecule has 0 saturated carbocycles. The predicted octanol–water partition coefficient (Wildman–Crippen LogP) is 2.79. The number of aromatic nitrogens is 2. The predicted molar refractivity (Wildman–Crippen MR) is 86.8 cm³/mol. The summed E-state index contributed by atoms with van der Waals surface area (Å²) in [5, 5.41) is 3.51. The van der Waals surface area contributed by atoms with Crippen molar-refractivity contribution in [2.24, 2.45) is 4.99 Å². The Morgan fingerprint density at radius 2 is 2.41 bits per heavy atom. The normalized spacial score (nSPS) is 11.7. The summed E-state index contributed by atoms with van der Waals surface area (Å²) in [5.41, 5.74) is 0.963. The lowest BCUT2D eigenvalue weighted by Crippen LogP contribution is -2.16. The van der Waals surface area contributed by atoms with Crippen LogP contribution >= 0.6 is 23.1 Å².